The van der Waals surface area contributed by atoms with Crippen LogP contribution in [0, 0.1) is 16.0 Å². The number of ether oxygens (including phenoxy) is 2. The number of nitro groups is 1. The Labute approximate surface area is 140 Å². The Balaban J connectivity index is 1.98. The van der Waals surface area contributed by atoms with Crippen molar-refractivity contribution in [3.8, 4) is 11.5 Å². The molecule has 0 spiro atoms. The van der Waals surface area contributed by atoms with E-state index in [4.69, 9.17) is 9.47 Å². The van der Waals surface area contributed by atoms with Gasteiger partial charge in [0.05, 0.1) is 11.0 Å². The molecule has 0 saturated heterocycles. The number of fused-ring (bicyclic) bond motifs is 1. The molecule has 1 aromatic carbocycles. The van der Waals surface area contributed by atoms with E-state index in [1.807, 2.05) is 6.92 Å². The molecule has 1 heterocycles. The van der Waals surface area contributed by atoms with E-state index < -0.39 is 20.6 Å². The van der Waals surface area contributed by atoms with E-state index in [9.17, 15) is 18.5 Å². The second kappa shape index (κ2) is 6.56. The third kappa shape index (κ3) is 3.32. The van der Waals surface area contributed by atoms with Gasteiger partial charge in [-0.1, -0.05) is 19.8 Å². The lowest BCUT2D eigenvalue weighted by Crippen LogP contribution is -2.41. The summed E-state index contributed by atoms with van der Waals surface area (Å²) in [7, 11) is -4.03. The van der Waals surface area contributed by atoms with Crippen LogP contribution in [0.4, 0.5) is 5.69 Å². The first-order valence-electron chi connectivity index (χ1n) is 7.99. The largest absolute Gasteiger partial charge is 0.486 e. The number of nitro benzene ring substituents is 1. The van der Waals surface area contributed by atoms with Gasteiger partial charge in [0, 0.05) is 12.1 Å². The molecule has 1 aliphatic carbocycles. The summed E-state index contributed by atoms with van der Waals surface area (Å²) in [6.07, 6.45) is 3.69. The monoisotopic (exact) mass is 356 g/mol. The Kier molecular flexibility index (Phi) is 4.64. The minimum atomic E-state index is -4.03. The molecule has 2 atom stereocenters. The van der Waals surface area contributed by atoms with Crippen LogP contribution >= 0.6 is 0 Å². The van der Waals surface area contributed by atoms with Crippen LogP contribution in [0.1, 0.15) is 32.6 Å². The molecule has 1 aliphatic heterocycles. The quantitative estimate of drug-likeness (QED) is 0.655. The highest BCUT2D eigenvalue weighted by molar-refractivity contribution is 7.89. The highest BCUT2D eigenvalue weighted by atomic mass is 32.2. The van der Waals surface area contributed by atoms with Gasteiger partial charge in [0.2, 0.25) is 10.0 Å². The number of nitrogens with one attached hydrogen (secondary N) is 1. The molecule has 132 valence electrons. The maximum Gasteiger partial charge on any atom is 0.293 e. The van der Waals surface area contributed by atoms with Gasteiger partial charge in [-0.3, -0.25) is 10.1 Å². The molecule has 0 unspecified atom stereocenters. The van der Waals surface area contributed by atoms with Crippen LogP contribution in [-0.4, -0.2) is 32.6 Å². The topological polar surface area (TPSA) is 108 Å². The lowest BCUT2D eigenvalue weighted by molar-refractivity contribution is -0.388. The molecule has 1 N–H and O–H groups in total. The lowest BCUT2D eigenvalue weighted by atomic mass is 9.87. The van der Waals surface area contributed by atoms with Crippen molar-refractivity contribution >= 4 is 15.7 Å². The van der Waals surface area contributed by atoms with Crippen LogP contribution in [0.2, 0.25) is 0 Å². The highest BCUT2D eigenvalue weighted by Gasteiger charge is 2.33. The molecule has 0 amide bonds. The van der Waals surface area contributed by atoms with Crippen molar-refractivity contribution in [2.45, 2.75) is 43.5 Å². The van der Waals surface area contributed by atoms with E-state index in [2.05, 4.69) is 4.72 Å². The SMILES string of the molecule is C[C@H]1CCCC[C@@H]1NS(=O)(=O)c1cc2c(cc1[N+](=O)[O-])OCCO2. The van der Waals surface area contributed by atoms with E-state index in [1.54, 1.807) is 0 Å². The van der Waals surface area contributed by atoms with Crippen LogP contribution < -0.4 is 14.2 Å². The maximum absolute atomic E-state index is 12.7. The predicted octanol–water partition coefficient (Wildman–Crippen LogP) is 2.22. The zero-order chi connectivity index (χ0) is 17.3. The van der Waals surface area contributed by atoms with E-state index >= 15 is 0 Å². The van der Waals surface area contributed by atoms with Gasteiger partial charge in [0.25, 0.3) is 5.69 Å². The van der Waals surface area contributed by atoms with Crippen LogP contribution in [0.15, 0.2) is 17.0 Å². The van der Waals surface area contributed by atoms with Crippen LogP contribution in [0.3, 0.4) is 0 Å². The molecule has 8 nitrogen and oxygen atoms in total. The summed E-state index contributed by atoms with van der Waals surface area (Å²) in [4.78, 5) is 10.2. The van der Waals surface area contributed by atoms with Crippen molar-refractivity contribution in [2.75, 3.05) is 13.2 Å². The molecule has 2 aliphatic rings. The Morgan fingerprint density at radius 1 is 1.17 bits per heavy atom. The molecule has 0 aromatic heterocycles. The lowest BCUT2D eigenvalue weighted by Gasteiger charge is -2.29. The van der Waals surface area contributed by atoms with E-state index in [0.29, 0.717) is 0 Å². The van der Waals surface area contributed by atoms with Crippen LogP contribution in [0.5, 0.6) is 11.5 Å². The van der Waals surface area contributed by atoms with Crippen molar-refractivity contribution in [3.63, 3.8) is 0 Å². The molecule has 1 aromatic rings. The first kappa shape index (κ1) is 17.0. The predicted molar refractivity (Wildman–Crippen MR) is 85.8 cm³/mol. The summed E-state index contributed by atoms with van der Waals surface area (Å²) in [5.41, 5.74) is -0.504. The van der Waals surface area contributed by atoms with Crippen molar-refractivity contribution in [3.05, 3.63) is 22.2 Å². The molecular weight excluding hydrogens is 336 g/mol. The first-order valence-corrected chi connectivity index (χ1v) is 9.47. The summed E-state index contributed by atoms with van der Waals surface area (Å²) < 4.78 is 38.8. The fourth-order valence-corrected chi connectivity index (χ4v) is 4.72. The maximum atomic E-state index is 12.7. The van der Waals surface area contributed by atoms with E-state index in [-0.39, 0.29) is 41.6 Å². The summed E-state index contributed by atoms with van der Waals surface area (Å²) in [5, 5.41) is 11.3. The molecule has 9 heteroatoms. The van der Waals surface area contributed by atoms with E-state index in [1.165, 1.54) is 6.07 Å². The number of benzene rings is 1. The molecule has 24 heavy (non-hydrogen) atoms. The van der Waals surface area contributed by atoms with Gasteiger partial charge in [-0.05, 0) is 18.8 Å². The molecule has 1 fully saturated rings. The first-order chi connectivity index (χ1) is 11.4. The molecule has 1 saturated carbocycles. The van der Waals surface area contributed by atoms with Gasteiger partial charge in [-0.15, -0.1) is 0 Å². The molecule has 0 bridgehead atoms. The van der Waals surface area contributed by atoms with Crippen molar-refractivity contribution in [1.82, 2.24) is 4.72 Å². The molecular formula is C15H20N2O6S. The highest BCUT2D eigenvalue weighted by Crippen LogP contribution is 2.39. The Morgan fingerprint density at radius 2 is 1.79 bits per heavy atom. The van der Waals surface area contributed by atoms with Gasteiger partial charge >= 0.3 is 0 Å². The van der Waals surface area contributed by atoms with Crippen LogP contribution in [0.25, 0.3) is 0 Å². The Hall–Kier alpha value is -1.87. The van der Waals surface area contributed by atoms with Gasteiger partial charge in [-0.25, -0.2) is 13.1 Å². The zero-order valence-corrected chi connectivity index (χ0v) is 14.2. The normalized spacial score (nSPS) is 23.7. The zero-order valence-electron chi connectivity index (χ0n) is 13.4. The number of sulfonamides is 1. The summed E-state index contributed by atoms with van der Waals surface area (Å²) in [5.74, 6) is 0.603. The Bertz CT molecular complexity index is 749. The summed E-state index contributed by atoms with van der Waals surface area (Å²) in [6, 6.07) is 2.09. The summed E-state index contributed by atoms with van der Waals surface area (Å²) >= 11 is 0. The van der Waals surface area contributed by atoms with Gasteiger partial charge < -0.3 is 9.47 Å². The van der Waals surface area contributed by atoms with Gasteiger partial charge in [-0.2, -0.15) is 0 Å². The van der Waals surface area contributed by atoms with Crippen molar-refractivity contribution < 1.29 is 22.8 Å². The third-order valence-corrected chi connectivity index (χ3v) is 6.05. The number of hydrogen-bond donors (Lipinski definition) is 1. The smallest absolute Gasteiger partial charge is 0.293 e. The van der Waals surface area contributed by atoms with Crippen LogP contribution in [-0.2, 0) is 10.0 Å². The van der Waals surface area contributed by atoms with E-state index in [0.717, 1.165) is 31.7 Å². The fourth-order valence-electron chi connectivity index (χ4n) is 3.17. The standard InChI is InChI=1S/C15H20N2O6S/c1-10-4-2-3-5-11(10)16-24(20,21)15-9-14-13(22-6-7-23-14)8-12(15)17(18)19/h8-11,16H,2-7H2,1H3/t10-,11-/m0/s1. The average molecular weight is 356 g/mol. The van der Waals surface area contributed by atoms with Gasteiger partial charge in [0.15, 0.2) is 16.4 Å². The second-order valence-electron chi connectivity index (χ2n) is 6.21. The minimum Gasteiger partial charge on any atom is -0.486 e. The number of nitrogens with zero attached hydrogens (tertiary/aromatic N) is 1. The fraction of sp³-hybridized carbons (Fsp3) is 0.600. The average Bonchev–Trinajstić information content (AvgIpc) is 2.55. The molecule has 0 radical (unpaired) electrons. The van der Waals surface area contributed by atoms with Crippen molar-refractivity contribution in [1.29, 1.82) is 0 Å². The summed E-state index contributed by atoms with van der Waals surface area (Å²) in [6.45, 7) is 2.54. The number of rotatable bonds is 4. The third-order valence-electron chi connectivity index (χ3n) is 4.53. The molecule has 3 rings (SSSR count). The van der Waals surface area contributed by atoms with Crippen molar-refractivity contribution in [2.24, 2.45) is 5.92 Å². The Morgan fingerprint density at radius 3 is 2.42 bits per heavy atom. The van der Waals surface area contributed by atoms with Gasteiger partial charge in [0.1, 0.15) is 13.2 Å². The number of hydrogen-bond acceptors (Lipinski definition) is 6. The second-order valence-corrected chi connectivity index (χ2v) is 7.89. The minimum absolute atomic E-state index is 0.193.